The Morgan fingerprint density at radius 1 is 1.15 bits per heavy atom. The van der Waals surface area contributed by atoms with Gasteiger partial charge in [-0.05, 0) is 42.5 Å². The molecule has 4 aromatic rings. The zero-order valence-corrected chi connectivity index (χ0v) is 14.6. The number of aromatic nitrogens is 4. The van der Waals surface area contributed by atoms with Crippen molar-refractivity contribution in [1.29, 1.82) is 0 Å². The average molecular weight is 363 g/mol. The van der Waals surface area contributed by atoms with Crippen molar-refractivity contribution in [3.8, 4) is 23.1 Å². The van der Waals surface area contributed by atoms with E-state index in [9.17, 15) is 4.79 Å². The summed E-state index contributed by atoms with van der Waals surface area (Å²) in [6, 6.07) is 12.6. The summed E-state index contributed by atoms with van der Waals surface area (Å²) in [5, 5.41) is 15.0. The summed E-state index contributed by atoms with van der Waals surface area (Å²) < 4.78 is 12.6. The maximum atomic E-state index is 12.3. The summed E-state index contributed by atoms with van der Waals surface area (Å²) in [6.45, 7) is 2.38. The van der Waals surface area contributed by atoms with E-state index in [2.05, 4.69) is 20.6 Å². The smallest absolute Gasteiger partial charge is 0.283 e. The molecule has 0 saturated heterocycles. The van der Waals surface area contributed by atoms with Gasteiger partial charge in [-0.3, -0.25) is 9.48 Å². The molecule has 27 heavy (non-hydrogen) atoms. The highest BCUT2D eigenvalue weighted by molar-refractivity contribution is 5.92. The van der Waals surface area contributed by atoms with Crippen LogP contribution in [0.1, 0.15) is 6.92 Å². The van der Waals surface area contributed by atoms with E-state index < -0.39 is 0 Å². The Morgan fingerprint density at radius 2 is 1.96 bits per heavy atom. The Balaban J connectivity index is 1.41. The monoisotopic (exact) mass is 363 g/mol. The van der Waals surface area contributed by atoms with Crippen molar-refractivity contribution in [2.24, 2.45) is 5.92 Å². The van der Waals surface area contributed by atoms with Gasteiger partial charge in [-0.25, -0.2) is 0 Å². The molecular formula is C19H17N5O3. The van der Waals surface area contributed by atoms with Crippen molar-refractivity contribution in [3.05, 3.63) is 61.1 Å². The van der Waals surface area contributed by atoms with Gasteiger partial charge in [-0.2, -0.15) is 5.10 Å². The SMILES string of the molecule is CC(Cn1cccn1)C(=O)Nc1ccc(-c2nnc(-c3ccco3)o2)cc1. The number of hydrogen-bond donors (Lipinski definition) is 1. The minimum absolute atomic E-state index is 0.0730. The van der Waals surface area contributed by atoms with E-state index in [4.69, 9.17) is 8.83 Å². The van der Waals surface area contributed by atoms with Crippen molar-refractivity contribution < 1.29 is 13.6 Å². The molecule has 1 atom stereocenters. The van der Waals surface area contributed by atoms with E-state index in [1.165, 1.54) is 0 Å². The molecule has 3 aromatic heterocycles. The highest BCUT2D eigenvalue weighted by atomic mass is 16.4. The molecule has 136 valence electrons. The predicted molar refractivity (Wildman–Crippen MR) is 97.5 cm³/mol. The topological polar surface area (TPSA) is 99.0 Å². The van der Waals surface area contributed by atoms with Crippen LogP contribution in [0, 0.1) is 5.92 Å². The Morgan fingerprint density at radius 3 is 2.67 bits per heavy atom. The van der Waals surface area contributed by atoms with Gasteiger partial charge in [0, 0.05) is 23.6 Å². The number of amides is 1. The van der Waals surface area contributed by atoms with Crippen LogP contribution in [0.25, 0.3) is 23.1 Å². The number of carbonyl (C=O) groups is 1. The van der Waals surface area contributed by atoms with Crippen molar-refractivity contribution in [1.82, 2.24) is 20.0 Å². The molecule has 8 heteroatoms. The van der Waals surface area contributed by atoms with E-state index in [0.717, 1.165) is 5.56 Å². The molecule has 1 amide bonds. The first-order chi connectivity index (χ1) is 13.2. The molecule has 1 unspecified atom stereocenters. The number of benzene rings is 1. The van der Waals surface area contributed by atoms with Crippen LogP contribution in [0.5, 0.6) is 0 Å². The molecule has 0 aliphatic carbocycles. The zero-order chi connectivity index (χ0) is 18.6. The zero-order valence-electron chi connectivity index (χ0n) is 14.6. The third kappa shape index (κ3) is 3.79. The summed E-state index contributed by atoms with van der Waals surface area (Å²) in [5.74, 6) is 0.933. The minimum atomic E-state index is -0.212. The average Bonchev–Trinajstić information content (AvgIpc) is 3.43. The first kappa shape index (κ1) is 16.8. The summed E-state index contributed by atoms with van der Waals surface area (Å²) in [5.41, 5.74) is 1.45. The van der Waals surface area contributed by atoms with Crippen LogP contribution in [0.15, 0.2) is 70.0 Å². The summed E-state index contributed by atoms with van der Waals surface area (Å²) in [7, 11) is 0. The first-order valence-electron chi connectivity index (χ1n) is 8.45. The number of carbonyl (C=O) groups excluding carboxylic acids is 1. The third-order valence-corrected chi connectivity index (χ3v) is 4.02. The molecule has 0 spiro atoms. The van der Waals surface area contributed by atoms with Gasteiger partial charge >= 0.3 is 0 Å². The lowest BCUT2D eigenvalue weighted by Crippen LogP contribution is -2.24. The van der Waals surface area contributed by atoms with Crippen LogP contribution in [0.2, 0.25) is 0 Å². The standard InChI is InChI=1S/C19H17N5O3/c1-13(12-24-10-3-9-20-24)17(25)21-15-7-5-14(6-8-15)18-22-23-19(27-18)16-4-2-11-26-16/h2-11,13H,12H2,1H3,(H,21,25). The Kier molecular flexibility index (Phi) is 4.52. The highest BCUT2D eigenvalue weighted by Crippen LogP contribution is 2.25. The Hall–Kier alpha value is -3.68. The van der Waals surface area contributed by atoms with E-state index in [-0.39, 0.29) is 11.8 Å². The van der Waals surface area contributed by atoms with E-state index >= 15 is 0 Å². The number of hydrogen-bond acceptors (Lipinski definition) is 6. The largest absolute Gasteiger partial charge is 0.459 e. The molecule has 4 rings (SSSR count). The van der Waals surface area contributed by atoms with Gasteiger partial charge in [0.1, 0.15) is 0 Å². The molecule has 0 saturated carbocycles. The molecule has 0 aliphatic heterocycles. The fraction of sp³-hybridized carbons (Fsp3) is 0.158. The third-order valence-electron chi connectivity index (χ3n) is 4.02. The molecule has 8 nitrogen and oxygen atoms in total. The molecule has 1 N–H and O–H groups in total. The quantitative estimate of drug-likeness (QED) is 0.563. The maximum absolute atomic E-state index is 12.3. The summed E-state index contributed by atoms with van der Waals surface area (Å²) >= 11 is 0. The van der Waals surface area contributed by atoms with Crippen LogP contribution in [-0.2, 0) is 11.3 Å². The molecule has 0 fully saturated rings. The van der Waals surface area contributed by atoms with Gasteiger partial charge in [0.05, 0.1) is 18.7 Å². The van der Waals surface area contributed by atoms with Crippen molar-refractivity contribution in [2.75, 3.05) is 5.32 Å². The van der Waals surface area contributed by atoms with Crippen molar-refractivity contribution >= 4 is 11.6 Å². The molecule has 0 aliphatic rings. The molecule has 0 bridgehead atoms. The second-order valence-corrected chi connectivity index (χ2v) is 6.09. The number of nitrogens with zero attached hydrogens (tertiary/aromatic N) is 4. The number of nitrogens with one attached hydrogen (secondary N) is 1. The summed E-state index contributed by atoms with van der Waals surface area (Å²) in [6.07, 6.45) is 5.07. The normalized spacial score (nSPS) is 12.0. The fourth-order valence-corrected chi connectivity index (χ4v) is 2.57. The highest BCUT2D eigenvalue weighted by Gasteiger charge is 2.15. The predicted octanol–water partition coefficient (Wildman–Crippen LogP) is 3.47. The minimum Gasteiger partial charge on any atom is -0.459 e. The van der Waals surface area contributed by atoms with Gasteiger partial charge in [0.2, 0.25) is 11.8 Å². The molecule has 0 radical (unpaired) electrons. The number of anilines is 1. The lowest BCUT2D eigenvalue weighted by atomic mass is 10.1. The number of rotatable bonds is 6. The maximum Gasteiger partial charge on any atom is 0.283 e. The fourth-order valence-electron chi connectivity index (χ4n) is 2.57. The van der Waals surface area contributed by atoms with Crippen LogP contribution in [0.3, 0.4) is 0 Å². The van der Waals surface area contributed by atoms with Crippen LogP contribution >= 0.6 is 0 Å². The van der Waals surface area contributed by atoms with Gasteiger partial charge in [-0.15, -0.1) is 10.2 Å². The lowest BCUT2D eigenvalue weighted by Gasteiger charge is -2.12. The van der Waals surface area contributed by atoms with Crippen molar-refractivity contribution in [3.63, 3.8) is 0 Å². The first-order valence-corrected chi connectivity index (χ1v) is 8.45. The number of furan rings is 1. The summed E-state index contributed by atoms with van der Waals surface area (Å²) in [4.78, 5) is 12.3. The Bertz CT molecular complexity index is 1000. The van der Waals surface area contributed by atoms with Gasteiger partial charge in [-0.1, -0.05) is 6.92 Å². The van der Waals surface area contributed by atoms with Crippen LogP contribution in [0.4, 0.5) is 5.69 Å². The van der Waals surface area contributed by atoms with E-state index in [1.54, 1.807) is 41.4 Å². The molecular weight excluding hydrogens is 346 g/mol. The van der Waals surface area contributed by atoms with Crippen LogP contribution < -0.4 is 5.32 Å². The van der Waals surface area contributed by atoms with E-state index in [0.29, 0.717) is 29.8 Å². The van der Waals surface area contributed by atoms with Crippen LogP contribution in [-0.4, -0.2) is 25.9 Å². The second-order valence-electron chi connectivity index (χ2n) is 6.09. The van der Waals surface area contributed by atoms with E-state index in [1.807, 2.05) is 31.3 Å². The van der Waals surface area contributed by atoms with Crippen molar-refractivity contribution in [2.45, 2.75) is 13.5 Å². The molecule has 1 aromatic carbocycles. The van der Waals surface area contributed by atoms with Gasteiger partial charge in [0.15, 0.2) is 5.76 Å². The van der Waals surface area contributed by atoms with Gasteiger partial charge in [0.25, 0.3) is 5.89 Å². The Labute approximate surface area is 154 Å². The van der Waals surface area contributed by atoms with Gasteiger partial charge < -0.3 is 14.2 Å². The second kappa shape index (κ2) is 7.28. The molecule has 3 heterocycles. The lowest BCUT2D eigenvalue weighted by molar-refractivity contribution is -0.119.